The summed E-state index contributed by atoms with van der Waals surface area (Å²) >= 11 is 2.78. The number of hydrogen-bond donors (Lipinski definition) is 0. The van der Waals surface area contributed by atoms with E-state index in [1.807, 2.05) is 59.3 Å². The quantitative estimate of drug-likeness (QED) is 0.158. The molecule has 0 spiro atoms. The minimum Gasteiger partial charge on any atom is -0.422 e. The zero-order valence-electron chi connectivity index (χ0n) is 23.8. The Morgan fingerprint density at radius 2 is 1.02 bits per heavy atom. The number of thiazole rings is 2. The van der Waals surface area contributed by atoms with Gasteiger partial charge in [-0.2, -0.15) is 0 Å². The molecule has 0 amide bonds. The van der Waals surface area contributed by atoms with E-state index in [0.29, 0.717) is 43.7 Å². The van der Waals surface area contributed by atoms with Gasteiger partial charge in [0.25, 0.3) is 0 Å². The fourth-order valence-electron chi connectivity index (χ4n) is 5.12. The smallest absolute Gasteiger partial charge is 0.345 e. The van der Waals surface area contributed by atoms with Gasteiger partial charge in [-0.15, -0.1) is 22.7 Å². The van der Waals surface area contributed by atoms with Gasteiger partial charge in [0.15, 0.2) is 10.0 Å². The molecular formula is C32H30N4O4S2. The van der Waals surface area contributed by atoms with Crippen LogP contribution in [0.15, 0.2) is 77.7 Å². The summed E-state index contributed by atoms with van der Waals surface area (Å²) in [5.41, 5.74) is 4.12. The van der Waals surface area contributed by atoms with Crippen LogP contribution >= 0.6 is 22.7 Å². The van der Waals surface area contributed by atoms with E-state index in [1.165, 1.54) is 22.7 Å². The molecule has 0 aliphatic carbocycles. The molecule has 42 heavy (non-hydrogen) atoms. The molecule has 4 aromatic heterocycles. The molecule has 214 valence electrons. The fourth-order valence-corrected chi connectivity index (χ4v) is 6.81. The Morgan fingerprint density at radius 1 is 0.619 bits per heavy atom. The minimum absolute atomic E-state index is 0.400. The summed E-state index contributed by atoms with van der Waals surface area (Å²) in [4.78, 5) is 39.7. The number of anilines is 2. The Labute approximate surface area is 250 Å². The lowest BCUT2D eigenvalue weighted by molar-refractivity contribution is 0.563. The summed E-state index contributed by atoms with van der Waals surface area (Å²) in [6.07, 6.45) is 0. The lowest BCUT2D eigenvalue weighted by atomic mass is 10.1. The van der Waals surface area contributed by atoms with Gasteiger partial charge >= 0.3 is 11.3 Å². The second-order valence-corrected chi connectivity index (χ2v) is 11.5. The zero-order chi connectivity index (χ0) is 29.4. The number of benzene rings is 2. The highest BCUT2D eigenvalue weighted by Crippen LogP contribution is 2.34. The van der Waals surface area contributed by atoms with Gasteiger partial charge in [0.05, 0.1) is 22.5 Å². The second kappa shape index (κ2) is 11.5. The van der Waals surface area contributed by atoms with Crippen LogP contribution in [0, 0.1) is 0 Å². The van der Waals surface area contributed by atoms with Crippen molar-refractivity contribution in [3.05, 3.63) is 80.1 Å². The van der Waals surface area contributed by atoms with Crippen molar-refractivity contribution in [3.63, 3.8) is 0 Å². The van der Waals surface area contributed by atoms with Crippen LogP contribution < -0.4 is 21.1 Å². The maximum Gasteiger partial charge on any atom is 0.345 e. The van der Waals surface area contributed by atoms with Crippen molar-refractivity contribution in [3.8, 4) is 32.5 Å². The van der Waals surface area contributed by atoms with Crippen LogP contribution in [0.5, 0.6) is 0 Å². The third-order valence-corrected chi connectivity index (χ3v) is 9.27. The van der Waals surface area contributed by atoms with E-state index >= 15 is 0 Å². The lowest BCUT2D eigenvalue weighted by Crippen LogP contribution is -2.21. The summed E-state index contributed by atoms with van der Waals surface area (Å²) < 4.78 is 11.4. The third kappa shape index (κ3) is 5.12. The number of fused-ring (bicyclic) bond motifs is 2. The van der Waals surface area contributed by atoms with E-state index in [9.17, 15) is 9.59 Å². The van der Waals surface area contributed by atoms with Crippen LogP contribution in [0.4, 0.5) is 11.4 Å². The first kappa shape index (κ1) is 27.9. The van der Waals surface area contributed by atoms with Gasteiger partial charge in [-0.3, -0.25) is 0 Å². The normalized spacial score (nSPS) is 11.4. The highest BCUT2D eigenvalue weighted by molar-refractivity contribution is 7.20. The molecule has 2 aromatic carbocycles. The molecule has 4 heterocycles. The topological polar surface area (TPSA) is 92.7 Å². The van der Waals surface area contributed by atoms with E-state index in [1.54, 1.807) is 0 Å². The first-order chi connectivity index (χ1) is 20.4. The molecule has 6 rings (SSSR count). The highest BCUT2D eigenvalue weighted by atomic mass is 32.1. The van der Waals surface area contributed by atoms with Crippen molar-refractivity contribution < 1.29 is 8.83 Å². The third-order valence-electron chi connectivity index (χ3n) is 7.44. The zero-order valence-corrected chi connectivity index (χ0v) is 25.5. The molecule has 0 atom stereocenters. The van der Waals surface area contributed by atoms with Crippen molar-refractivity contribution in [2.45, 2.75) is 27.7 Å². The summed E-state index contributed by atoms with van der Waals surface area (Å²) in [5, 5.41) is 6.64. The van der Waals surface area contributed by atoms with Crippen LogP contribution in [-0.4, -0.2) is 36.1 Å². The molecular weight excluding hydrogens is 569 g/mol. The Bertz CT molecular complexity index is 1870. The van der Waals surface area contributed by atoms with Crippen molar-refractivity contribution in [1.29, 1.82) is 0 Å². The van der Waals surface area contributed by atoms with Gasteiger partial charge in [0.2, 0.25) is 0 Å². The molecule has 0 N–H and O–H groups in total. The van der Waals surface area contributed by atoms with Gasteiger partial charge in [-0.25, -0.2) is 19.6 Å². The highest BCUT2D eigenvalue weighted by Gasteiger charge is 2.18. The number of aromatic nitrogens is 2. The average molecular weight is 599 g/mol. The van der Waals surface area contributed by atoms with Gasteiger partial charge in [-0.05, 0) is 64.1 Å². The maximum atomic E-state index is 12.9. The SMILES string of the molecule is CCN(CC)c1ccc2cc(-c3csc(-c4nc(-c5cc6ccc(N(CC)CC)cc6oc5=O)cs4)n3)c(=O)oc2c1. The van der Waals surface area contributed by atoms with E-state index in [0.717, 1.165) is 48.3 Å². The van der Waals surface area contributed by atoms with E-state index in [2.05, 4.69) is 37.5 Å². The molecule has 0 saturated carbocycles. The van der Waals surface area contributed by atoms with Crippen molar-refractivity contribution in [2.75, 3.05) is 36.0 Å². The number of nitrogens with zero attached hydrogens (tertiary/aromatic N) is 4. The van der Waals surface area contributed by atoms with Crippen LogP contribution in [0.2, 0.25) is 0 Å². The van der Waals surface area contributed by atoms with Gasteiger partial charge in [0, 0.05) is 71.2 Å². The fraction of sp³-hybridized carbons (Fsp3) is 0.250. The van der Waals surface area contributed by atoms with Crippen LogP contribution in [0.3, 0.4) is 0 Å². The van der Waals surface area contributed by atoms with Gasteiger partial charge in [0.1, 0.15) is 11.2 Å². The Balaban J connectivity index is 1.29. The second-order valence-electron chi connectivity index (χ2n) is 9.76. The molecule has 0 bridgehead atoms. The van der Waals surface area contributed by atoms with Gasteiger partial charge < -0.3 is 18.6 Å². The number of rotatable bonds is 9. The monoisotopic (exact) mass is 598 g/mol. The molecule has 10 heteroatoms. The predicted octanol–water partition coefficient (Wildman–Crippen LogP) is 7.51. The molecule has 0 aliphatic heterocycles. The molecule has 0 radical (unpaired) electrons. The summed E-state index contributed by atoms with van der Waals surface area (Å²) in [6, 6.07) is 15.5. The molecule has 0 saturated heterocycles. The Kier molecular flexibility index (Phi) is 7.66. The summed E-state index contributed by atoms with van der Waals surface area (Å²) in [7, 11) is 0. The first-order valence-corrected chi connectivity index (χ1v) is 15.8. The standard InChI is InChI=1S/C32H30N4O4S2/c1-5-35(6-2)21-11-9-19-13-23(31(37)39-27(19)15-21)25-17-41-29(33-25)30-34-26(18-42-30)24-14-20-10-12-22(36(7-3)8-4)16-28(20)40-32(24)38/h9-18H,5-8H2,1-4H3. The number of hydrogen-bond acceptors (Lipinski definition) is 10. The van der Waals surface area contributed by atoms with Crippen LogP contribution in [0.25, 0.3) is 54.5 Å². The minimum atomic E-state index is -0.436. The molecule has 6 aromatic rings. The van der Waals surface area contributed by atoms with Crippen molar-refractivity contribution >= 4 is 56.0 Å². The predicted molar refractivity (Wildman–Crippen MR) is 173 cm³/mol. The summed E-state index contributed by atoms with van der Waals surface area (Å²) in [5.74, 6) is 0. The molecule has 0 aliphatic rings. The maximum absolute atomic E-state index is 12.9. The van der Waals surface area contributed by atoms with E-state index < -0.39 is 11.3 Å². The average Bonchev–Trinajstić information content (AvgIpc) is 3.68. The largest absolute Gasteiger partial charge is 0.422 e. The molecule has 0 fully saturated rings. The van der Waals surface area contributed by atoms with Crippen LogP contribution in [-0.2, 0) is 0 Å². The Hall–Kier alpha value is -4.28. The van der Waals surface area contributed by atoms with Gasteiger partial charge in [-0.1, -0.05) is 0 Å². The van der Waals surface area contributed by atoms with Crippen molar-refractivity contribution in [1.82, 2.24) is 9.97 Å². The summed E-state index contributed by atoms with van der Waals surface area (Å²) in [6.45, 7) is 11.9. The Morgan fingerprint density at radius 3 is 1.40 bits per heavy atom. The first-order valence-electron chi connectivity index (χ1n) is 14.0. The van der Waals surface area contributed by atoms with E-state index in [-0.39, 0.29) is 0 Å². The molecule has 0 unspecified atom stereocenters. The lowest BCUT2D eigenvalue weighted by Gasteiger charge is -2.20. The van der Waals surface area contributed by atoms with Crippen molar-refractivity contribution in [2.24, 2.45) is 0 Å². The van der Waals surface area contributed by atoms with E-state index in [4.69, 9.17) is 18.8 Å². The van der Waals surface area contributed by atoms with Crippen LogP contribution in [0.1, 0.15) is 27.7 Å². The molecule has 8 nitrogen and oxygen atoms in total.